The van der Waals surface area contributed by atoms with Crippen LogP contribution in [0.3, 0.4) is 0 Å². The molecule has 0 radical (unpaired) electrons. The predicted molar refractivity (Wildman–Crippen MR) is 115 cm³/mol. The minimum absolute atomic E-state index is 0.261. The second-order valence-corrected chi connectivity index (χ2v) is 8.31. The maximum atomic E-state index is 10.7. The molecule has 2 aromatic carbocycles. The standard InChI is InChI=1S/C21H21N5O2S/c22-21-18-16(24-10-25-21)13(8-23-18)17-20(28)19(27)14(26-17)9-29-15-7-3-5-11-4-1-2-6-12(11)15/h1-8,10,14,17,19-20,23,26-28H,9H2,(H2,22,24,25). The first-order valence-electron chi connectivity index (χ1n) is 9.43. The maximum absolute atomic E-state index is 10.7. The molecule has 3 heterocycles. The van der Waals surface area contributed by atoms with Crippen LogP contribution in [0.15, 0.2) is 59.9 Å². The molecule has 4 aromatic rings. The molecular formula is C21H21N5O2S. The van der Waals surface area contributed by atoms with Crippen LogP contribution in [0.2, 0.25) is 0 Å². The zero-order chi connectivity index (χ0) is 20.0. The smallest absolute Gasteiger partial charge is 0.151 e. The van der Waals surface area contributed by atoms with Crippen molar-refractivity contribution < 1.29 is 10.2 Å². The van der Waals surface area contributed by atoms with E-state index in [9.17, 15) is 10.2 Å². The predicted octanol–water partition coefficient (Wildman–Crippen LogP) is 2.22. The van der Waals surface area contributed by atoms with E-state index in [-0.39, 0.29) is 6.04 Å². The summed E-state index contributed by atoms with van der Waals surface area (Å²) in [7, 11) is 0. The average Bonchev–Trinajstić information content (AvgIpc) is 3.29. The zero-order valence-corrected chi connectivity index (χ0v) is 16.3. The van der Waals surface area contributed by atoms with E-state index in [1.807, 2.05) is 18.2 Å². The highest BCUT2D eigenvalue weighted by Gasteiger charge is 2.42. The molecular weight excluding hydrogens is 386 g/mol. The van der Waals surface area contributed by atoms with Gasteiger partial charge in [0, 0.05) is 28.5 Å². The Labute approximate surface area is 171 Å². The van der Waals surface area contributed by atoms with Gasteiger partial charge in [-0.05, 0) is 16.8 Å². The Kier molecular flexibility index (Phi) is 4.63. The maximum Gasteiger partial charge on any atom is 0.151 e. The number of aliphatic hydroxyl groups is 2. The summed E-state index contributed by atoms with van der Waals surface area (Å²) in [5, 5.41) is 27.1. The molecule has 8 heteroatoms. The van der Waals surface area contributed by atoms with Crippen LogP contribution < -0.4 is 11.1 Å². The first kappa shape index (κ1) is 18.4. The monoisotopic (exact) mass is 407 g/mol. The third-order valence-corrected chi connectivity index (χ3v) is 6.72. The van der Waals surface area contributed by atoms with E-state index >= 15 is 0 Å². The molecule has 1 aliphatic rings. The van der Waals surface area contributed by atoms with E-state index in [1.54, 1.807) is 18.0 Å². The number of aromatic amines is 1. The van der Waals surface area contributed by atoms with Gasteiger partial charge in [-0.3, -0.25) is 0 Å². The summed E-state index contributed by atoms with van der Waals surface area (Å²) in [5.74, 6) is 0.986. The van der Waals surface area contributed by atoms with Gasteiger partial charge in [0.2, 0.25) is 0 Å². The Hall–Kier alpha value is -2.65. The van der Waals surface area contributed by atoms with Crippen molar-refractivity contribution in [2.75, 3.05) is 11.5 Å². The number of thioether (sulfide) groups is 1. The summed E-state index contributed by atoms with van der Waals surface area (Å²) in [6, 6.07) is 13.8. The van der Waals surface area contributed by atoms with E-state index in [2.05, 4.69) is 44.5 Å². The summed E-state index contributed by atoms with van der Waals surface area (Å²) in [6.07, 6.45) is 1.35. The van der Waals surface area contributed by atoms with Gasteiger partial charge < -0.3 is 26.2 Å². The molecule has 0 spiro atoms. The van der Waals surface area contributed by atoms with E-state index in [4.69, 9.17) is 5.73 Å². The van der Waals surface area contributed by atoms with Gasteiger partial charge in [0.1, 0.15) is 17.9 Å². The average molecular weight is 407 g/mol. The van der Waals surface area contributed by atoms with Crippen LogP contribution in [0, 0.1) is 0 Å². The first-order chi connectivity index (χ1) is 14.1. The number of hydrogen-bond donors (Lipinski definition) is 5. The van der Waals surface area contributed by atoms with E-state index in [0.29, 0.717) is 22.6 Å². The lowest BCUT2D eigenvalue weighted by Gasteiger charge is -2.16. The number of nitrogens with two attached hydrogens (primary N) is 1. The molecule has 148 valence electrons. The molecule has 1 fully saturated rings. The van der Waals surface area contributed by atoms with Gasteiger partial charge in [-0.2, -0.15) is 0 Å². The highest BCUT2D eigenvalue weighted by atomic mass is 32.2. The van der Waals surface area contributed by atoms with Crippen LogP contribution >= 0.6 is 11.8 Å². The van der Waals surface area contributed by atoms with Crippen molar-refractivity contribution in [2.45, 2.75) is 29.2 Å². The highest BCUT2D eigenvalue weighted by Crippen LogP contribution is 2.35. The third kappa shape index (κ3) is 3.14. The highest BCUT2D eigenvalue weighted by molar-refractivity contribution is 7.99. The molecule has 5 rings (SSSR count). The Morgan fingerprint density at radius 1 is 1.03 bits per heavy atom. The number of fused-ring (bicyclic) bond motifs is 2. The summed E-state index contributed by atoms with van der Waals surface area (Å²) >= 11 is 1.67. The van der Waals surface area contributed by atoms with Crippen LogP contribution in [0.25, 0.3) is 21.8 Å². The van der Waals surface area contributed by atoms with Gasteiger partial charge in [-0.1, -0.05) is 36.4 Å². The van der Waals surface area contributed by atoms with Crippen molar-refractivity contribution in [2.24, 2.45) is 0 Å². The fourth-order valence-electron chi connectivity index (χ4n) is 4.00. The second kappa shape index (κ2) is 7.31. The molecule has 0 saturated carbocycles. The van der Waals surface area contributed by atoms with Crippen molar-refractivity contribution in [3.05, 3.63) is 60.6 Å². The lowest BCUT2D eigenvalue weighted by molar-refractivity contribution is 0.0308. The van der Waals surface area contributed by atoms with Crippen LogP contribution in [0.5, 0.6) is 0 Å². The SMILES string of the molecule is Nc1ncnc2c(C3NC(CSc4cccc5ccccc45)C(O)C3O)c[nH]c12. The molecule has 29 heavy (non-hydrogen) atoms. The number of nitrogens with zero attached hydrogens (tertiary/aromatic N) is 2. The van der Waals surface area contributed by atoms with Gasteiger partial charge in [0.15, 0.2) is 5.82 Å². The van der Waals surface area contributed by atoms with Crippen molar-refractivity contribution >= 4 is 39.4 Å². The fourth-order valence-corrected chi connectivity index (χ4v) is 5.17. The van der Waals surface area contributed by atoms with Crippen molar-refractivity contribution in [3.8, 4) is 0 Å². The molecule has 1 saturated heterocycles. The Morgan fingerprint density at radius 2 is 1.86 bits per heavy atom. The Balaban J connectivity index is 1.38. The molecule has 2 aromatic heterocycles. The van der Waals surface area contributed by atoms with Crippen LogP contribution in [-0.4, -0.2) is 49.2 Å². The van der Waals surface area contributed by atoms with Gasteiger partial charge >= 0.3 is 0 Å². The van der Waals surface area contributed by atoms with Crippen LogP contribution in [0.4, 0.5) is 5.82 Å². The lowest BCUT2D eigenvalue weighted by Crippen LogP contribution is -2.35. The fraction of sp³-hybridized carbons (Fsp3) is 0.238. The van der Waals surface area contributed by atoms with Gasteiger partial charge in [0.05, 0.1) is 17.7 Å². The van der Waals surface area contributed by atoms with Crippen LogP contribution in [-0.2, 0) is 0 Å². The molecule has 4 unspecified atom stereocenters. The number of rotatable bonds is 4. The number of nitrogen functional groups attached to an aromatic ring is 1. The van der Waals surface area contributed by atoms with E-state index in [0.717, 1.165) is 10.5 Å². The molecule has 6 N–H and O–H groups in total. The minimum atomic E-state index is -0.941. The topological polar surface area (TPSA) is 120 Å². The molecule has 4 atom stereocenters. The molecule has 0 bridgehead atoms. The van der Waals surface area contributed by atoms with Crippen molar-refractivity contribution in [1.29, 1.82) is 0 Å². The number of nitrogens with one attached hydrogen (secondary N) is 2. The molecule has 0 amide bonds. The van der Waals surface area contributed by atoms with Crippen molar-refractivity contribution in [1.82, 2.24) is 20.3 Å². The number of aliphatic hydroxyl groups excluding tert-OH is 2. The minimum Gasteiger partial charge on any atom is -0.389 e. The zero-order valence-electron chi connectivity index (χ0n) is 15.5. The van der Waals surface area contributed by atoms with Crippen molar-refractivity contribution in [3.63, 3.8) is 0 Å². The van der Waals surface area contributed by atoms with Gasteiger partial charge in [-0.25, -0.2) is 9.97 Å². The summed E-state index contributed by atoms with van der Waals surface area (Å²) in [4.78, 5) is 12.5. The summed E-state index contributed by atoms with van der Waals surface area (Å²) in [5.41, 5.74) is 7.97. The van der Waals surface area contributed by atoms with Crippen LogP contribution in [0.1, 0.15) is 11.6 Å². The quantitative estimate of drug-likeness (QED) is 0.329. The number of aromatic nitrogens is 3. The second-order valence-electron chi connectivity index (χ2n) is 7.25. The third-order valence-electron chi connectivity index (χ3n) is 5.52. The summed E-state index contributed by atoms with van der Waals surface area (Å²) in [6.45, 7) is 0. The number of anilines is 1. The lowest BCUT2D eigenvalue weighted by atomic mass is 10.0. The van der Waals surface area contributed by atoms with Gasteiger partial charge in [0.25, 0.3) is 0 Å². The Morgan fingerprint density at radius 3 is 2.76 bits per heavy atom. The molecule has 1 aliphatic heterocycles. The normalized spacial score (nSPS) is 24.5. The van der Waals surface area contributed by atoms with Gasteiger partial charge in [-0.15, -0.1) is 11.8 Å². The number of benzene rings is 2. The summed E-state index contributed by atoms with van der Waals surface area (Å²) < 4.78 is 0. The Bertz CT molecular complexity index is 1170. The van der Waals surface area contributed by atoms with E-state index < -0.39 is 18.2 Å². The largest absolute Gasteiger partial charge is 0.389 e. The number of H-pyrrole nitrogens is 1. The molecule has 7 nitrogen and oxygen atoms in total. The first-order valence-corrected chi connectivity index (χ1v) is 10.4. The number of hydrogen-bond acceptors (Lipinski definition) is 7. The van der Waals surface area contributed by atoms with E-state index in [1.165, 1.54) is 17.1 Å². The molecule has 0 aliphatic carbocycles.